The van der Waals surface area contributed by atoms with Gasteiger partial charge in [0.2, 0.25) is 6.79 Å². The lowest BCUT2D eigenvalue weighted by Crippen LogP contribution is -2.12. The van der Waals surface area contributed by atoms with Crippen LogP contribution in [0.25, 0.3) is 10.9 Å². The van der Waals surface area contributed by atoms with E-state index in [2.05, 4.69) is 10.3 Å². The van der Waals surface area contributed by atoms with Crippen molar-refractivity contribution < 1.29 is 19.1 Å². The van der Waals surface area contributed by atoms with Crippen molar-refractivity contribution in [3.8, 4) is 17.2 Å². The highest BCUT2D eigenvalue weighted by molar-refractivity contribution is 5.82. The Bertz CT molecular complexity index is 976. The summed E-state index contributed by atoms with van der Waals surface area (Å²) < 4.78 is 16.2. The standard InChI is InChI=1S/C18H15N3O5/c22-21(23)13-2-4-15-12(9-13)1-6-18(20-15)19-7-8-24-14-3-5-16-17(10-14)26-11-25-16/h1-6,9-10H,7-8,11H2,(H,19,20). The summed E-state index contributed by atoms with van der Waals surface area (Å²) in [5.74, 6) is 2.78. The zero-order valence-corrected chi connectivity index (χ0v) is 13.7. The van der Waals surface area contributed by atoms with Gasteiger partial charge in [-0.3, -0.25) is 10.1 Å². The lowest BCUT2D eigenvalue weighted by molar-refractivity contribution is -0.384. The number of ether oxygens (including phenoxy) is 3. The van der Waals surface area contributed by atoms with Crippen molar-refractivity contribution in [2.45, 2.75) is 0 Å². The van der Waals surface area contributed by atoms with E-state index in [-0.39, 0.29) is 12.5 Å². The maximum absolute atomic E-state index is 10.8. The van der Waals surface area contributed by atoms with Gasteiger partial charge < -0.3 is 19.5 Å². The van der Waals surface area contributed by atoms with Gasteiger partial charge in [-0.2, -0.15) is 0 Å². The van der Waals surface area contributed by atoms with Gasteiger partial charge >= 0.3 is 0 Å². The minimum absolute atomic E-state index is 0.0529. The molecule has 0 amide bonds. The molecule has 1 aliphatic heterocycles. The summed E-state index contributed by atoms with van der Waals surface area (Å²) >= 11 is 0. The first-order valence-electron chi connectivity index (χ1n) is 8.00. The second-order valence-corrected chi connectivity index (χ2v) is 5.62. The Morgan fingerprint density at radius 2 is 2.00 bits per heavy atom. The van der Waals surface area contributed by atoms with Crippen LogP contribution in [0.4, 0.5) is 11.5 Å². The Morgan fingerprint density at radius 3 is 2.88 bits per heavy atom. The molecule has 0 atom stereocenters. The second kappa shape index (κ2) is 6.75. The van der Waals surface area contributed by atoms with E-state index in [0.717, 1.165) is 11.1 Å². The number of fused-ring (bicyclic) bond motifs is 2. The third-order valence-electron chi connectivity index (χ3n) is 3.90. The predicted octanol–water partition coefficient (Wildman–Crippen LogP) is 3.36. The smallest absolute Gasteiger partial charge is 0.270 e. The van der Waals surface area contributed by atoms with Crippen LogP contribution in [0.5, 0.6) is 17.2 Å². The summed E-state index contributed by atoms with van der Waals surface area (Å²) in [7, 11) is 0. The minimum Gasteiger partial charge on any atom is -0.492 e. The van der Waals surface area contributed by atoms with Crippen molar-refractivity contribution in [1.29, 1.82) is 0 Å². The van der Waals surface area contributed by atoms with E-state index in [1.165, 1.54) is 12.1 Å². The van der Waals surface area contributed by atoms with Gasteiger partial charge in [-0.25, -0.2) is 4.98 Å². The molecule has 0 aliphatic carbocycles. The van der Waals surface area contributed by atoms with Crippen LogP contribution in [0.3, 0.4) is 0 Å². The molecule has 26 heavy (non-hydrogen) atoms. The highest BCUT2D eigenvalue weighted by Gasteiger charge is 2.13. The maximum atomic E-state index is 10.8. The fourth-order valence-corrected chi connectivity index (χ4v) is 2.64. The number of aromatic nitrogens is 1. The van der Waals surface area contributed by atoms with Crippen LogP contribution in [-0.2, 0) is 0 Å². The second-order valence-electron chi connectivity index (χ2n) is 5.62. The van der Waals surface area contributed by atoms with Crippen LogP contribution in [0.2, 0.25) is 0 Å². The fourth-order valence-electron chi connectivity index (χ4n) is 2.64. The number of pyridine rings is 1. The number of hydrogen-bond donors (Lipinski definition) is 1. The van der Waals surface area contributed by atoms with Crippen molar-refractivity contribution in [2.24, 2.45) is 0 Å². The molecule has 0 bridgehead atoms. The van der Waals surface area contributed by atoms with Crippen LogP contribution in [-0.4, -0.2) is 29.9 Å². The molecule has 1 aliphatic rings. The molecule has 0 spiro atoms. The molecule has 4 rings (SSSR count). The fraction of sp³-hybridized carbons (Fsp3) is 0.167. The quantitative estimate of drug-likeness (QED) is 0.412. The highest BCUT2D eigenvalue weighted by Crippen LogP contribution is 2.35. The largest absolute Gasteiger partial charge is 0.492 e. The monoisotopic (exact) mass is 353 g/mol. The number of nitro groups is 1. The van der Waals surface area contributed by atoms with Crippen LogP contribution < -0.4 is 19.5 Å². The average Bonchev–Trinajstić information content (AvgIpc) is 3.12. The average molecular weight is 353 g/mol. The van der Waals surface area contributed by atoms with E-state index in [0.29, 0.717) is 36.0 Å². The summed E-state index contributed by atoms with van der Waals surface area (Å²) in [6.07, 6.45) is 0. The van der Waals surface area contributed by atoms with Crippen molar-refractivity contribution in [2.75, 3.05) is 25.3 Å². The highest BCUT2D eigenvalue weighted by atomic mass is 16.7. The molecule has 8 nitrogen and oxygen atoms in total. The van der Waals surface area contributed by atoms with Gasteiger partial charge in [0.25, 0.3) is 5.69 Å². The molecule has 0 saturated heterocycles. The van der Waals surface area contributed by atoms with Crippen LogP contribution in [0, 0.1) is 10.1 Å². The van der Waals surface area contributed by atoms with E-state index in [4.69, 9.17) is 14.2 Å². The lowest BCUT2D eigenvalue weighted by atomic mass is 10.2. The van der Waals surface area contributed by atoms with Crippen LogP contribution >= 0.6 is 0 Å². The van der Waals surface area contributed by atoms with E-state index in [9.17, 15) is 10.1 Å². The Kier molecular flexibility index (Phi) is 4.14. The predicted molar refractivity (Wildman–Crippen MR) is 94.9 cm³/mol. The zero-order chi connectivity index (χ0) is 17.9. The van der Waals surface area contributed by atoms with E-state index in [1.54, 1.807) is 24.3 Å². The SMILES string of the molecule is O=[N+]([O-])c1ccc2nc(NCCOc3ccc4c(c3)OCO4)ccc2c1. The van der Waals surface area contributed by atoms with Gasteiger partial charge in [0.15, 0.2) is 11.5 Å². The molecule has 0 saturated carbocycles. The third-order valence-corrected chi connectivity index (χ3v) is 3.90. The molecular formula is C18H15N3O5. The Morgan fingerprint density at radius 1 is 1.12 bits per heavy atom. The normalized spacial score (nSPS) is 12.2. The van der Waals surface area contributed by atoms with Gasteiger partial charge in [0.05, 0.1) is 17.0 Å². The summed E-state index contributed by atoms with van der Waals surface area (Å²) in [6, 6.07) is 13.6. The van der Waals surface area contributed by atoms with Crippen molar-refractivity contribution in [3.05, 3.63) is 58.6 Å². The molecule has 1 N–H and O–H groups in total. The molecular weight excluding hydrogens is 338 g/mol. The van der Waals surface area contributed by atoms with E-state index in [1.807, 2.05) is 12.1 Å². The van der Waals surface area contributed by atoms with Gasteiger partial charge in [-0.15, -0.1) is 0 Å². The van der Waals surface area contributed by atoms with E-state index >= 15 is 0 Å². The summed E-state index contributed by atoms with van der Waals surface area (Å²) in [5.41, 5.74) is 0.745. The Hall–Kier alpha value is -3.55. The molecule has 0 unspecified atom stereocenters. The molecule has 132 valence electrons. The molecule has 1 aromatic heterocycles. The van der Waals surface area contributed by atoms with E-state index < -0.39 is 4.92 Å². The summed E-state index contributed by atoms with van der Waals surface area (Å²) in [6.45, 7) is 1.23. The number of non-ortho nitro benzene ring substituents is 1. The molecule has 8 heteroatoms. The molecule has 0 fully saturated rings. The molecule has 2 aromatic carbocycles. The number of anilines is 1. The third kappa shape index (κ3) is 3.30. The Balaban J connectivity index is 1.34. The maximum Gasteiger partial charge on any atom is 0.270 e. The van der Waals surface area contributed by atoms with Gasteiger partial charge in [-0.05, 0) is 30.3 Å². The summed E-state index contributed by atoms with van der Waals surface area (Å²) in [5, 5.41) is 14.7. The number of nitrogens with one attached hydrogen (secondary N) is 1. The van der Waals surface area contributed by atoms with Crippen molar-refractivity contribution in [1.82, 2.24) is 4.98 Å². The van der Waals surface area contributed by atoms with Gasteiger partial charge in [0.1, 0.15) is 18.2 Å². The molecule has 0 radical (unpaired) electrons. The first kappa shape index (κ1) is 15.9. The first-order valence-corrected chi connectivity index (χ1v) is 8.00. The zero-order valence-electron chi connectivity index (χ0n) is 13.7. The number of nitro benzene ring substituents is 1. The topological polar surface area (TPSA) is 95.8 Å². The number of benzene rings is 2. The van der Waals surface area contributed by atoms with Gasteiger partial charge in [-0.1, -0.05) is 0 Å². The number of rotatable bonds is 6. The van der Waals surface area contributed by atoms with Gasteiger partial charge in [0, 0.05) is 23.6 Å². The lowest BCUT2D eigenvalue weighted by Gasteiger charge is -2.09. The minimum atomic E-state index is -0.418. The van der Waals surface area contributed by atoms with Crippen molar-refractivity contribution >= 4 is 22.4 Å². The number of nitrogens with zero attached hydrogens (tertiary/aromatic N) is 2. The Labute approximate surface area is 148 Å². The molecule has 3 aromatic rings. The van der Waals surface area contributed by atoms with Crippen LogP contribution in [0.1, 0.15) is 0 Å². The van der Waals surface area contributed by atoms with Crippen LogP contribution in [0.15, 0.2) is 48.5 Å². The van der Waals surface area contributed by atoms with Crippen molar-refractivity contribution in [3.63, 3.8) is 0 Å². The first-order chi connectivity index (χ1) is 12.7. The number of hydrogen-bond acceptors (Lipinski definition) is 7. The molecule has 2 heterocycles. The summed E-state index contributed by atoms with van der Waals surface area (Å²) in [4.78, 5) is 14.8.